The van der Waals surface area contributed by atoms with Gasteiger partial charge in [0.1, 0.15) is 11.2 Å². The number of hydrogen-bond acceptors (Lipinski definition) is 3. The van der Waals surface area contributed by atoms with Gasteiger partial charge >= 0.3 is 5.97 Å². The first kappa shape index (κ1) is 15.5. The van der Waals surface area contributed by atoms with Crippen molar-refractivity contribution in [1.29, 1.82) is 0 Å². The highest BCUT2D eigenvalue weighted by molar-refractivity contribution is 5.87. The Morgan fingerprint density at radius 3 is 2.70 bits per heavy atom. The zero-order chi connectivity index (χ0) is 16.4. The second-order valence-corrected chi connectivity index (χ2v) is 6.23. The van der Waals surface area contributed by atoms with Crippen LogP contribution in [0.15, 0.2) is 30.6 Å². The number of carboxylic acid groups (broad SMARTS) is 1. The lowest BCUT2D eigenvalue weighted by molar-refractivity contribution is -0.160. The summed E-state index contributed by atoms with van der Waals surface area (Å²) in [6, 6.07) is 5.66. The molecule has 2 aromatic rings. The molecule has 23 heavy (non-hydrogen) atoms. The highest BCUT2D eigenvalue weighted by Gasteiger charge is 2.45. The van der Waals surface area contributed by atoms with Crippen molar-refractivity contribution in [3.05, 3.63) is 36.3 Å². The molecule has 0 saturated heterocycles. The van der Waals surface area contributed by atoms with Gasteiger partial charge in [0.05, 0.1) is 12.1 Å². The van der Waals surface area contributed by atoms with E-state index in [2.05, 4.69) is 4.98 Å². The van der Waals surface area contributed by atoms with Gasteiger partial charge in [-0.3, -0.25) is 4.79 Å². The monoisotopic (exact) mass is 315 g/mol. The van der Waals surface area contributed by atoms with Crippen molar-refractivity contribution in [3.8, 4) is 0 Å². The Hall–Kier alpha value is -2.37. The van der Waals surface area contributed by atoms with Crippen molar-refractivity contribution in [3.63, 3.8) is 0 Å². The molecule has 6 heteroatoms. The smallest absolute Gasteiger partial charge is 0.329 e. The van der Waals surface area contributed by atoms with E-state index >= 15 is 0 Å². The predicted molar refractivity (Wildman–Crippen MR) is 85.1 cm³/mol. The van der Waals surface area contributed by atoms with E-state index in [1.54, 1.807) is 7.05 Å². The molecule has 0 unspecified atom stereocenters. The van der Waals surface area contributed by atoms with Gasteiger partial charge in [-0.15, -0.1) is 0 Å². The van der Waals surface area contributed by atoms with Crippen LogP contribution in [0.5, 0.6) is 0 Å². The molecule has 3 rings (SSSR count). The summed E-state index contributed by atoms with van der Waals surface area (Å²) in [5.41, 5.74) is 0.377. The van der Waals surface area contributed by atoms with E-state index in [-0.39, 0.29) is 12.3 Å². The average molecular weight is 315 g/mol. The van der Waals surface area contributed by atoms with Crippen LogP contribution in [-0.4, -0.2) is 43.9 Å². The molecular formula is C17H21N3O3. The van der Waals surface area contributed by atoms with Crippen molar-refractivity contribution >= 4 is 17.5 Å². The zero-order valence-electron chi connectivity index (χ0n) is 13.2. The topological polar surface area (TPSA) is 74.9 Å². The van der Waals surface area contributed by atoms with Crippen LogP contribution in [0.3, 0.4) is 0 Å². The standard InChI is InChI=1S/C17H21N3O3/c1-19(17(16(22)23)8-4-2-5-9-17)15(21)11-13-12-20-10-6-3-7-14(20)18-13/h3,6-7,10,12H,2,4-5,8-9,11H2,1H3,(H,22,23). The second-order valence-electron chi connectivity index (χ2n) is 6.23. The molecule has 1 aliphatic carbocycles. The number of aliphatic carboxylic acids is 1. The highest BCUT2D eigenvalue weighted by atomic mass is 16.4. The Morgan fingerprint density at radius 1 is 1.30 bits per heavy atom. The third-order valence-electron chi connectivity index (χ3n) is 4.84. The fraction of sp³-hybridized carbons (Fsp3) is 0.471. The number of pyridine rings is 1. The predicted octanol–water partition coefficient (Wildman–Crippen LogP) is 2.12. The van der Waals surface area contributed by atoms with Crippen molar-refractivity contribution in [2.75, 3.05) is 7.05 Å². The molecule has 2 aromatic heterocycles. The Labute approximate surface area is 134 Å². The normalized spacial score (nSPS) is 17.1. The van der Waals surface area contributed by atoms with Crippen LogP contribution in [0.2, 0.25) is 0 Å². The lowest BCUT2D eigenvalue weighted by atomic mass is 9.80. The number of carbonyl (C=O) groups excluding carboxylic acids is 1. The maximum Gasteiger partial charge on any atom is 0.329 e. The van der Waals surface area contributed by atoms with E-state index in [4.69, 9.17) is 0 Å². The number of amides is 1. The van der Waals surface area contributed by atoms with E-state index in [9.17, 15) is 14.7 Å². The Morgan fingerprint density at radius 2 is 2.04 bits per heavy atom. The molecule has 0 aromatic carbocycles. The van der Waals surface area contributed by atoms with Crippen LogP contribution in [0.4, 0.5) is 0 Å². The molecule has 0 bridgehead atoms. The summed E-state index contributed by atoms with van der Waals surface area (Å²) in [5, 5.41) is 9.67. The molecular weight excluding hydrogens is 294 g/mol. The first-order chi connectivity index (χ1) is 11.0. The maximum atomic E-state index is 12.6. The van der Waals surface area contributed by atoms with Crippen LogP contribution in [-0.2, 0) is 16.0 Å². The number of hydrogen-bond donors (Lipinski definition) is 1. The minimum Gasteiger partial charge on any atom is -0.479 e. The molecule has 0 radical (unpaired) electrons. The van der Waals surface area contributed by atoms with Crippen LogP contribution in [0.25, 0.3) is 5.65 Å². The molecule has 1 saturated carbocycles. The van der Waals surface area contributed by atoms with E-state index in [0.717, 1.165) is 24.9 Å². The van der Waals surface area contributed by atoms with E-state index in [1.807, 2.05) is 35.0 Å². The largest absolute Gasteiger partial charge is 0.479 e. The minimum atomic E-state index is -1.06. The lowest BCUT2D eigenvalue weighted by Crippen LogP contribution is -2.56. The summed E-state index contributed by atoms with van der Waals surface area (Å²) in [5.74, 6) is -1.10. The number of rotatable bonds is 4. The van der Waals surface area contributed by atoms with Gasteiger partial charge in [-0.2, -0.15) is 0 Å². The number of imidazole rings is 1. The summed E-state index contributed by atoms with van der Waals surface area (Å²) < 4.78 is 1.86. The molecule has 6 nitrogen and oxygen atoms in total. The van der Waals surface area contributed by atoms with Crippen molar-refractivity contribution in [2.45, 2.75) is 44.1 Å². The number of fused-ring (bicyclic) bond motifs is 1. The molecule has 0 atom stereocenters. The number of likely N-dealkylation sites (N-methyl/N-ethyl adjacent to an activating group) is 1. The number of carboxylic acids is 1. The Bertz CT molecular complexity index is 699. The summed E-state index contributed by atoms with van der Waals surface area (Å²) >= 11 is 0. The average Bonchev–Trinajstić information content (AvgIpc) is 2.96. The minimum absolute atomic E-state index is 0.118. The summed E-state index contributed by atoms with van der Waals surface area (Å²) in [4.78, 5) is 30.3. The first-order valence-corrected chi connectivity index (χ1v) is 7.96. The maximum absolute atomic E-state index is 12.6. The van der Waals surface area contributed by atoms with Gasteiger partial charge in [0.15, 0.2) is 0 Å². The number of aromatic nitrogens is 2. The fourth-order valence-corrected chi connectivity index (χ4v) is 3.41. The van der Waals surface area contributed by atoms with Crippen LogP contribution in [0, 0.1) is 0 Å². The van der Waals surface area contributed by atoms with Crippen molar-refractivity contribution in [1.82, 2.24) is 14.3 Å². The van der Waals surface area contributed by atoms with Gasteiger partial charge in [0.25, 0.3) is 0 Å². The highest BCUT2D eigenvalue weighted by Crippen LogP contribution is 2.33. The summed E-state index contributed by atoms with van der Waals surface area (Å²) in [7, 11) is 1.61. The Balaban J connectivity index is 1.79. The summed E-state index contributed by atoms with van der Waals surface area (Å²) in [6.45, 7) is 0. The molecule has 1 aliphatic rings. The van der Waals surface area contributed by atoms with Gasteiger partial charge in [-0.1, -0.05) is 25.3 Å². The van der Waals surface area contributed by atoms with Gasteiger partial charge in [0, 0.05) is 19.4 Å². The van der Waals surface area contributed by atoms with Crippen molar-refractivity contribution in [2.24, 2.45) is 0 Å². The molecule has 122 valence electrons. The quantitative estimate of drug-likeness (QED) is 0.938. The summed E-state index contributed by atoms with van der Waals surface area (Å²) in [6.07, 6.45) is 7.58. The van der Waals surface area contributed by atoms with Gasteiger partial charge in [-0.25, -0.2) is 9.78 Å². The second kappa shape index (κ2) is 6.02. The lowest BCUT2D eigenvalue weighted by Gasteiger charge is -2.41. The van der Waals surface area contributed by atoms with Crippen LogP contribution in [0.1, 0.15) is 37.8 Å². The van der Waals surface area contributed by atoms with Gasteiger partial charge < -0.3 is 14.4 Å². The number of carbonyl (C=O) groups is 2. The third-order valence-corrected chi connectivity index (χ3v) is 4.84. The zero-order valence-corrected chi connectivity index (χ0v) is 13.2. The van der Waals surface area contributed by atoms with E-state index in [0.29, 0.717) is 18.5 Å². The Kier molecular flexibility index (Phi) is 4.07. The molecule has 0 spiro atoms. The van der Waals surface area contributed by atoms with Crippen molar-refractivity contribution < 1.29 is 14.7 Å². The fourth-order valence-electron chi connectivity index (χ4n) is 3.41. The van der Waals surface area contributed by atoms with E-state index in [1.165, 1.54) is 4.90 Å². The third kappa shape index (κ3) is 2.81. The van der Waals surface area contributed by atoms with Gasteiger partial charge in [-0.05, 0) is 25.0 Å². The SMILES string of the molecule is CN(C(=O)Cc1cn2ccccc2n1)C1(C(=O)O)CCCCC1. The molecule has 1 N–H and O–H groups in total. The first-order valence-electron chi connectivity index (χ1n) is 7.96. The molecule has 0 aliphatic heterocycles. The van der Waals surface area contributed by atoms with Gasteiger partial charge in [0.2, 0.25) is 5.91 Å². The molecule has 1 fully saturated rings. The number of nitrogens with zero attached hydrogens (tertiary/aromatic N) is 3. The van der Waals surface area contributed by atoms with E-state index < -0.39 is 11.5 Å². The molecule has 1 amide bonds. The van der Waals surface area contributed by atoms with Crippen LogP contribution >= 0.6 is 0 Å². The molecule has 2 heterocycles. The van der Waals surface area contributed by atoms with Crippen LogP contribution < -0.4 is 0 Å².